The van der Waals surface area contributed by atoms with Crippen LogP contribution in [0.1, 0.15) is 76.0 Å². The number of hydrogen-bond donors (Lipinski definition) is 0. The van der Waals surface area contributed by atoms with Gasteiger partial charge in [0.15, 0.2) is 0 Å². The molecule has 1 rings (SSSR count). The van der Waals surface area contributed by atoms with Gasteiger partial charge in [0, 0.05) is 0 Å². The van der Waals surface area contributed by atoms with Gasteiger partial charge in [0.2, 0.25) is 0 Å². The van der Waals surface area contributed by atoms with Crippen LogP contribution in [0.2, 0.25) is 0 Å². The second kappa shape index (κ2) is 8.96. The molecular weight excluding hydrogens is 228 g/mol. The van der Waals surface area contributed by atoms with Crippen LogP contribution in [0.3, 0.4) is 0 Å². The van der Waals surface area contributed by atoms with E-state index in [1.165, 1.54) is 37.7 Å². The Labute approximate surface area is 119 Å². The smallest absolute Gasteiger partial charge is 0.00975 e. The lowest BCUT2D eigenvalue weighted by Gasteiger charge is -2.14. The minimum absolute atomic E-state index is 0.636. The van der Waals surface area contributed by atoms with Gasteiger partial charge < -0.3 is 0 Å². The monoisotopic (exact) mass is 258 g/mol. The third-order valence-corrected chi connectivity index (χ3v) is 3.72. The second-order valence-electron chi connectivity index (χ2n) is 5.77. The van der Waals surface area contributed by atoms with E-state index in [0.29, 0.717) is 5.92 Å². The van der Waals surface area contributed by atoms with E-state index in [9.17, 15) is 0 Å². The molecule has 0 saturated heterocycles. The molecule has 0 heteroatoms. The van der Waals surface area contributed by atoms with Crippen molar-refractivity contribution in [1.29, 1.82) is 0 Å². The molecule has 0 spiro atoms. The van der Waals surface area contributed by atoms with Crippen LogP contribution in [0.4, 0.5) is 0 Å². The van der Waals surface area contributed by atoms with Crippen LogP contribution in [0.15, 0.2) is 30.4 Å². The zero-order valence-electron chi connectivity index (χ0n) is 13.2. The molecule has 0 fully saturated rings. The molecule has 0 amide bonds. The Hall–Kier alpha value is -1.04. The van der Waals surface area contributed by atoms with E-state index in [-0.39, 0.29) is 0 Å². The second-order valence-corrected chi connectivity index (χ2v) is 5.77. The number of benzene rings is 1. The maximum Gasteiger partial charge on any atom is -0.00975 e. The predicted octanol–water partition coefficient (Wildman–Crippen LogP) is 6.05. The van der Waals surface area contributed by atoms with Crippen molar-refractivity contribution < 1.29 is 0 Å². The van der Waals surface area contributed by atoms with E-state index in [2.05, 4.69) is 58.0 Å². The van der Waals surface area contributed by atoms with Crippen molar-refractivity contribution in [1.82, 2.24) is 0 Å². The third-order valence-electron chi connectivity index (χ3n) is 3.72. The van der Waals surface area contributed by atoms with Crippen LogP contribution in [-0.2, 0) is 12.8 Å². The Morgan fingerprint density at radius 3 is 2.53 bits per heavy atom. The number of hydrogen-bond acceptors (Lipinski definition) is 0. The molecule has 0 aliphatic carbocycles. The van der Waals surface area contributed by atoms with E-state index in [1.54, 1.807) is 11.1 Å². The molecule has 0 nitrogen and oxygen atoms in total. The maximum absolute atomic E-state index is 2.43. The number of allylic oxidation sites excluding steroid dienone is 2. The molecule has 0 N–H and O–H groups in total. The van der Waals surface area contributed by atoms with Crippen molar-refractivity contribution >= 4 is 0 Å². The van der Waals surface area contributed by atoms with Gasteiger partial charge in [0.05, 0.1) is 0 Å². The van der Waals surface area contributed by atoms with E-state index < -0.39 is 0 Å². The van der Waals surface area contributed by atoms with Crippen molar-refractivity contribution in [3.63, 3.8) is 0 Å². The molecule has 106 valence electrons. The lowest BCUT2D eigenvalue weighted by atomic mass is 9.91. The highest BCUT2D eigenvalue weighted by Crippen LogP contribution is 2.23. The fourth-order valence-electron chi connectivity index (χ4n) is 2.56. The summed E-state index contributed by atoms with van der Waals surface area (Å²) in [5, 5.41) is 0. The minimum Gasteiger partial charge on any atom is -0.0913 e. The standard InChI is InChI=1S/C19H30/c1-5-7-9-10-12-18-15-17(11-8-6-2)13-14-19(18)16(3)4/h6,8,13-16H,5,7,9-12H2,1-4H3. The van der Waals surface area contributed by atoms with Crippen LogP contribution in [-0.4, -0.2) is 0 Å². The molecule has 0 saturated carbocycles. The van der Waals surface area contributed by atoms with Crippen molar-refractivity contribution in [2.24, 2.45) is 0 Å². The summed E-state index contributed by atoms with van der Waals surface area (Å²) < 4.78 is 0. The number of rotatable bonds is 8. The van der Waals surface area contributed by atoms with E-state index in [0.717, 1.165) is 6.42 Å². The first kappa shape index (κ1) is 16.0. The quantitative estimate of drug-likeness (QED) is 0.393. The Balaban J connectivity index is 2.76. The Morgan fingerprint density at radius 2 is 1.89 bits per heavy atom. The maximum atomic E-state index is 2.43. The normalized spacial score (nSPS) is 11.6. The first-order valence-corrected chi connectivity index (χ1v) is 7.91. The molecule has 0 atom stereocenters. The molecule has 0 bridgehead atoms. The molecule has 19 heavy (non-hydrogen) atoms. The summed E-state index contributed by atoms with van der Waals surface area (Å²) >= 11 is 0. The van der Waals surface area contributed by atoms with Crippen LogP contribution >= 0.6 is 0 Å². The van der Waals surface area contributed by atoms with E-state index in [4.69, 9.17) is 0 Å². The van der Waals surface area contributed by atoms with Gasteiger partial charge in [-0.2, -0.15) is 0 Å². The highest BCUT2D eigenvalue weighted by molar-refractivity contribution is 5.35. The number of unbranched alkanes of at least 4 members (excludes halogenated alkanes) is 3. The van der Waals surface area contributed by atoms with Crippen LogP contribution in [0, 0.1) is 0 Å². The van der Waals surface area contributed by atoms with Crippen LogP contribution in [0.5, 0.6) is 0 Å². The van der Waals surface area contributed by atoms with E-state index >= 15 is 0 Å². The van der Waals surface area contributed by atoms with Crippen molar-refractivity contribution in [3.05, 3.63) is 47.0 Å². The van der Waals surface area contributed by atoms with Gasteiger partial charge >= 0.3 is 0 Å². The van der Waals surface area contributed by atoms with Gasteiger partial charge in [-0.15, -0.1) is 0 Å². The molecule has 0 aliphatic heterocycles. The van der Waals surface area contributed by atoms with Gasteiger partial charge in [-0.05, 0) is 48.8 Å². The topological polar surface area (TPSA) is 0 Å². The van der Waals surface area contributed by atoms with Crippen molar-refractivity contribution in [2.75, 3.05) is 0 Å². The average Bonchev–Trinajstić information content (AvgIpc) is 2.41. The highest BCUT2D eigenvalue weighted by atomic mass is 14.1. The SMILES string of the molecule is CC=CCc1ccc(C(C)C)c(CCCCCC)c1. The molecule has 0 aliphatic rings. The molecule has 0 unspecified atom stereocenters. The summed E-state index contributed by atoms with van der Waals surface area (Å²) in [5.41, 5.74) is 4.57. The van der Waals surface area contributed by atoms with Crippen LogP contribution in [0.25, 0.3) is 0 Å². The number of aryl methyl sites for hydroxylation is 1. The third kappa shape index (κ3) is 5.63. The van der Waals surface area contributed by atoms with Gasteiger partial charge in [0.25, 0.3) is 0 Å². The lowest BCUT2D eigenvalue weighted by Crippen LogP contribution is -1.98. The molecule has 0 radical (unpaired) electrons. The van der Waals surface area contributed by atoms with Gasteiger partial charge in [-0.25, -0.2) is 0 Å². The summed E-state index contributed by atoms with van der Waals surface area (Å²) in [6.45, 7) is 8.97. The molecule has 0 aromatic heterocycles. The van der Waals surface area contributed by atoms with Gasteiger partial charge in [-0.3, -0.25) is 0 Å². The summed E-state index contributed by atoms with van der Waals surface area (Å²) in [4.78, 5) is 0. The van der Waals surface area contributed by atoms with Crippen molar-refractivity contribution in [3.8, 4) is 0 Å². The summed E-state index contributed by atoms with van der Waals surface area (Å²) in [5.74, 6) is 0.636. The van der Waals surface area contributed by atoms with Gasteiger partial charge in [-0.1, -0.05) is 70.4 Å². The largest absolute Gasteiger partial charge is 0.0913 e. The molecule has 0 heterocycles. The predicted molar refractivity (Wildman–Crippen MR) is 86.9 cm³/mol. The zero-order valence-corrected chi connectivity index (χ0v) is 13.2. The lowest BCUT2D eigenvalue weighted by molar-refractivity contribution is 0.661. The zero-order chi connectivity index (χ0) is 14.1. The van der Waals surface area contributed by atoms with Crippen molar-refractivity contribution in [2.45, 2.75) is 72.1 Å². The molecule has 1 aromatic carbocycles. The first-order valence-electron chi connectivity index (χ1n) is 7.91. The Morgan fingerprint density at radius 1 is 1.11 bits per heavy atom. The summed E-state index contributed by atoms with van der Waals surface area (Å²) in [7, 11) is 0. The summed E-state index contributed by atoms with van der Waals surface area (Å²) in [6.07, 6.45) is 12.1. The molecule has 1 aromatic rings. The fourth-order valence-corrected chi connectivity index (χ4v) is 2.56. The minimum atomic E-state index is 0.636. The summed E-state index contributed by atoms with van der Waals surface area (Å²) in [6, 6.07) is 7.07. The Kier molecular flexibility index (Phi) is 7.55. The van der Waals surface area contributed by atoms with Gasteiger partial charge in [0.1, 0.15) is 0 Å². The van der Waals surface area contributed by atoms with Crippen LogP contribution < -0.4 is 0 Å². The Bertz CT molecular complexity index is 385. The van der Waals surface area contributed by atoms with E-state index in [1.807, 2.05) is 0 Å². The first-order chi connectivity index (χ1) is 9.19. The average molecular weight is 258 g/mol. The molecular formula is C19H30. The fraction of sp³-hybridized carbons (Fsp3) is 0.579. The highest BCUT2D eigenvalue weighted by Gasteiger charge is 2.07.